The maximum atomic E-state index is 13.3. The molecular formula is C13H18FN3O2. The summed E-state index contributed by atoms with van der Waals surface area (Å²) in [4.78, 5) is 10.4. The molecule has 0 aliphatic heterocycles. The molecule has 1 fully saturated rings. The average molecular weight is 267 g/mol. The summed E-state index contributed by atoms with van der Waals surface area (Å²) in [6.45, 7) is 0.542. The van der Waals surface area contributed by atoms with Crippen molar-refractivity contribution in [2.45, 2.75) is 31.7 Å². The molecule has 0 amide bonds. The molecule has 6 heteroatoms. The van der Waals surface area contributed by atoms with Crippen molar-refractivity contribution in [1.82, 2.24) is 0 Å². The fraction of sp³-hybridized carbons (Fsp3) is 0.538. The third-order valence-corrected chi connectivity index (χ3v) is 3.71. The Balaban J connectivity index is 2.21. The van der Waals surface area contributed by atoms with E-state index >= 15 is 0 Å². The van der Waals surface area contributed by atoms with Crippen LogP contribution in [0.5, 0.6) is 0 Å². The van der Waals surface area contributed by atoms with Crippen molar-refractivity contribution in [2.24, 2.45) is 11.7 Å². The highest BCUT2D eigenvalue weighted by atomic mass is 19.1. The molecule has 0 radical (unpaired) electrons. The lowest BCUT2D eigenvalue weighted by Crippen LogP contribution is -2.36. The van der Waals surface area contributed by atoms with Gasteiger partial charge >= 0.3 is 0 Å². The van der Waals surface area contributed by atoms with Crippen LogP contribution in [0, 0.1) is 21.8 Å². The number of nitrogens with two attached hydrogens (primary N) is 1. The van der Waals surface area contributed by atoms with Gasteiger partial charge in [0.05, 0.1) is 4.92 Å². The van der Waals surface area contributed by atoms with Crippen molar-refractivity contribution in [3.8, 4) is 0 Å². The van der Waals surface area contributed by atoms with Crippen molar-refractivity contribution in [1.29, 1.82) is 0 Å². The summed E-state index contributed by atoms with van der Waals surface area (Å²) in [7, 11) is 0. The number of nitrogens with zero attached hydrogens (tertiary/aromatic N) is 1. The van der Waals surface area contributed by atoms with E-state index in [0.29, 0.717) is 6.54 Å². The van der Waals surface area contributed by atoms with Gasteiger partial charge in [0.2, 0.25) is 0 Å². The molecule has 1 aliphatic carbocycles. The van der Waals surface area contributed by atoms with Gasteiger partial charge in [0.25, 0.3) is 5.69 Å². The second-order valence-corrected chi connectivity index (χ2v) is 4.95. The molecule has 2 unspecified atom stereocenters. The summed E-state index contributed by atoms with van der Waals surface area (Å²) in [5.74, 6) is -0.190. The van der Waals surface area contributed by atoms with Crippen LogP contribution in [0.25, 0.3) is 0 Å². The first-order valence-electron chi connectivity index (χ1n) is 6.52. The van der Waals surface area contributed by atoms with Crippen LogP contribution in [0.1, 0.15) is 25.7 Å². The Bertz CT molecular complexity index is 467. The molecule has 0 bridgehead atoms. The summed E-state index contributed by atoms with van der Waals surface area (Å²) in [6.07, 6.45) is 4.12. The fourth-order valence-corrected chi connectivity index (χ4v) is 2.66. The Morgan fingerprint density at radius 2 is 2.16 bits per heavy atom. The van der Waals surface area contributed by atoms with Crippen LogP contribution < -0.4 is 11.1 Å². The quantitative estimate of drug-likeness (QED) is 0.649. The van der Waals surface area contributed by atoms with Crippen molar-refractivity contribution in [3.63, 3.8) is 0 Å². The van der Waals surface area contributed by atoms with E-state index in [2.05, 4.69) is 5.32 Å². The van der Waals surface area contributed by atoms with Crippen LogP contribution in [-0.2, 0) is 0 Å². The van der Waals surface area contributed by atoms with Gasteiger partial charge in [-0.2, -0.15) is 0 Å². The number of nitro benzene ring substituents is 1. The third-order valence-electron chi connectivity index (χ3n) is 3.71. The second-order valence-electron chi connectivity index (χ2n) is 4.95. The number of halogens is 1. The molecule has 1 aliphatic rings. The number of nitrogens with one attached hydrogen (secondary N) is 1. The fourth-order valence-electron chi connectivity index (χ4n) is 2.66. The Kier molecular flexibility index (Phi) is 4.31. The molecule has 5 nitrogen and oxygen atoms in total. The molecule has 1 aromatic carbocycles. The van der Waals surface area contributed by atoms with Gasteiger partial charge in [0.1, 0.15) is 11.5 Å². The molecule has 0 spiro atoms. The monoisotopic (exact) mass is 267 g/mol. The standard InChI is InChI=1S/C13H18FN3O2/c14-10-5-6-13(17(18)19)12(7-10)16-11-4-2-1-3-9(11)8-15/h5-7,9,11,16H,1-4,8,15H2. The van der Waals surface area contributed by atoms with Gasteiger partial charge < -0.3 is 11.1 Å². The summed E-state index contributed by atoms with van der Waals surface area (Å²) < 4.78 is 13.3. The van der Waals surface area contributed by atoms with Crippen molar-refractivity contribution in [2.75, 3.05) is 11.9 Å². The van der Waals surface area contributed by atoms with Gasteiger partial charge in [-0.15, -0.1) is 0 Å². The Morgan fingerprint density at radius 1 is 1.42 bits per heavy atom. The Morgan fingerprint density at radius 3 is 2.84 bits per heavy atom. The normalized spacial score (nSPS) is 23.1. The highest BCUT2D eigenvalue weighted by molar-refractivity contribution is 5.62. The van der Waals surface area contributed by atoms with Gasteiger partial charge in [-0.05, 0) is 31.4 Å². The molecule has 0 saturated heterocycles. The number of nitro groups is 1. The van der Waals surface area contributed by atoms with Crippen molar-refractivity contribution >= 4 is 11.4 Å². The molecule has 1 saturated carbocycles. The van der Waals surface area contributed by atoms with E-state index in [-0.39, 0.29) is 23.3 Å². The first-order valence-corrected chi connectivity index (χ1v) is 6.52. The van der Waals surface area contributed by atoms with Gasteiger partial charge in [-0.1, -0.05) is 12.8 Å². The predicted octanol–water partition coefficient (Wildman–Crippen LogP) is 2.66. The molecule has 2 rings (SSSR count). The lowest BCUT2D eigenvalue weighted by Gasteiger charge is -2.31. The van der Waals surface area contributed by atoms with Gasteiger partial charge in [-0.3, -0.25) is 10.1 Å². The lowest BCUT2D eigenvalue weighted by atomic mass is 9.84. The molecule has 0 aromatic heterocycles. The minimum Gasteiger partial charge on any atom is -0.376 e. The highest BCUT2D eigenvalue weighted by Gasteiger charge is 2.26. The van der Waals surface area contributed by atoms with Gasteiger partial charge in [0.15, 0.2) is 0 Å². The van der Waals surface area contributed by atoms with Crippen LogP contribution in [0.3, 0.4) is 0 Å². The zero-order chi connectivity index (χ0) is 13.8. The van der Waals surface area contributed by atoms with Crippen molar-refractivity contribution < 1.29 is 9.31 Å². The average Bonchev–Trinajstić information content (AvgIpc) is 2.39. The highest BCUT2D eigenvalue weighted by Crippen LogP contribution is 2.31. The summed E-state index contributed by atoms with van der Waals surface area (Å²) in [5, 5.41) is 14.1. The lowest BCUT2D eigenvalue weighted by molar-refractivity contribution is -0.384. The molecule has 0 heterocycles. The molecule has 3 N–H and O–H groups in total. The van der Waals surface area contributed by atoms with Crippen LogP contribution in [0.4, 0.5) is 15.8 Å². The predicted molar refractivity (Wildman–Crippen MR) is 71.5 cm³/mol. The SMILES string of the molecule is NCC1CCCCC1Nc1cc(F)ccc1[N+](=O)[O-]. The Hall–Kier alpha value is -1.69. The number of rotatable bonds is 4. The van der Waals surface area contributed by atoms with Crippen LogP contribution in [0.15, 0.2) is 18.2 Å². The summed E-state index contributed by atoms with van der Waals surface area (Å²) >= 11 is 0. The van der Waals surface area contributed by atoms with E-state index in [1.54, 1.807) is 0 Å². The zero-order valence-electron chi connectivity index (χ0n) is 10.6. The first-order chi connectivity index (χ1) is 9.11. The van der Waals surface area contributed by atoms with Crippen LogP contribution >= 0.6 is 0 Å². The number of anilines is 1. The molecular weight excluding hydrogens is 249 g/mol. The summed E-state index contributed by atoms with van der Waals surface area (Å²) in [6, 6.07) is 3.56. The van der Waals surface area contributed by atoms with Gasteiger partial charge in [0, 0.05) is 18.2 Å². The summed E-state index contributed by atoms with van der Waals surface area (Å²) in [5.41, 5.74) is 5.88. The number of hydrogen-bond acceptors (Lipinski definition) is 4. The molecule has 104 valence electrons. The number of benzene rings is 1. The smallest absolute Gasteiger partial charge is 0.292 e. The Labute approximate surface area is 111 Å². The third kappa shape index (κ3) is 3.20. The minimum absolute atomic E-state index is 0.0826. The topological polar surface area (TPSA) is 81.2 Å². The van der Waals surface area contributed by atoms with E-state index < -0.39 is 10.7 Å². The minimum atomic E-state index is -0.498. The van der Waals surface area contributed by atoms with Crippen LogP contribution in [-0.4, -0.2) is 17.5 Å². The molecule has 19 heavy (non-hydrogen) atoms. The maximum absolute atomic E-state index is 13.3. The van der Waals surface area contributed by atoms with E-state index in [0.717, 1.165) is 31.7 Å². The van der Waals surface area contributed by atoms with Crippen LogP contribution in [0.2, 0.25) is 0 Å². The van der Waals surface area contributed by atoms with Gasteiger partial charge in [-0.25, -0.2) is 4.39 Å². The zero-order valence-corrected chi connectivity index (χ0v) is 10.6. The molecule has 1 aromatic rings. The second kappa shape index (κ2) is 5.97. The first kappa shape index (κ1) is 13.7. The van der Waals surface area contributed by atoms with Crippen molar-refractivity contribution in [3.05, 3.63) is 34.1 Å². The molecule has 2 atom stereocenters. The largest absolute Gasteiger partial charge is 0.376 e. The van der Waals surface area contributed by atoms with E-state index in [1.807, 2.05) is 0 Å². The maximum Gasteiger partial charge on any atom is 0.292 e. The van der Waals surface area contributed by atoms with E-state index in [9.17, 15) is 14.5 Å². The van der Waals surface area contributed by atoms with E-state index in [1.165, 1.54) is 12.1 Å². The van der Waals surface area contributed by atoms with E-state index in [4.69, 9.17) is 5.73 Å². The number of hydrogen-bond donors (Lipinski definition) is 2.